The smallest absolute Gasteiger partial charge is 0.407 e. The van der Waals surface area contributed by atoms with Crippen molar-refractivity contribution in [2.75, 3.05) is 13.2 Å². The number of fused-ring (bicyclic) bond motifs is 3. The molecule has 1 heterocycles. The van der Waals surface area contributed by atoms with Crippen LogP contribution in [0.25, 0.3) is 11.1 Å². The highest BCUT2D eigenvalue weighted by molar-refractivity contribution is 7.09. The second-order valence-corrected chi connectivity index (χ2v) is 8.84. The summed E-state index contributed by atoms with van der Waals surface area (Å²) in [5.74, 6) is -1.62. The Balaban J connectivity index is 1.26. The van der Waals surface area contributed by atoms with Gasteiger partial charge in [-0.05, 0) is 28.7 Å². The number of carbonyl (C=O) groups excluding carboxylic acids is 2. The number of alkyl carbamates (subject to hydrolysis) is 1. The van der Waals surface area contributed by atoms with E-state index in [4.69, 9.17) is 9.84 Å². The lowest BCUT2D eigenvalue weighted by atomic mass is 9.98. The molecule has 0 aliphatic heterocycles. The Hall–Kier alpha value is -3.72. The van der Waals surface area contributed by atoms with Gasteiger partial charge in [-0.3, -0.25) is 4.79 Å². The molecule has 8 nitrogen and oxygen atoms in total. The van der Waals surface area contributed by atoms with Crippen LogP contribution >= 0.6 is 11.3 Å². The Bertz CT molecular complexity index is 1160. The molecule has 0 spiro atoms. The molecule has 0 bridgehead atoms. The highest BCUT2D eigenvalue weighted by Gasteiger charge is 2.29. The number of nitrogens with one attached hydrogen (secondary N) is 2. The SMILES string of the molecule is CC[C@@H](NC(=O)c1csc(CCNC(=O)OCC2c3ccccc3-c3ccccc32)n1)C(=O)O. The first-order chi connectivity index (χ1) is 16.5. The molecule has 34 heavy (non-hydrogen) atoms. The van der Waals surface area contributed by atoms with E-state index in [1.54, 1.807) is 12.3 Å². The summed E-state index contributed by atoms with van der Waals surface area (Å²) in [6.07, 6.45) is 0.198. The Morgan fingerprint density at radius 2 is 1.74 bits per heavy atom. The molecule has 0 saturated heterocycles. The van der Waals surface area contributed by atoms with Crippen LogP contribution in [-0.4, -0.2) is 47.3 Å². The summed E-state index contributed by atoms with van der Waals surface area (Å²) < 4.78 is 5.51. The van der Waals surface area contributed by atoms with Gasteiger partial charge >= 0.3 is 12.1 Å². The number of thiazole rings is 1. The van der Waals surface area contributed by atoms with Gasteiger partial charge in [-0.1, -0.05) is 55.5 Å². The number of ether oxygens (including phenoxy) is 1. The summed E-state index contributed by atoms with van der Waals surface area (Å²) >= 11 is 1.28. The van der Waals surface area contributed by atoms with Crippen molar-refractivity contribution in [1.29, 1.82) is 0 Å². The molecule has 1 atom stereocenters. The molecule has 176 valence electrons. The second kappa shape index (κ2) is 10.5. The Morgan fingerprint density at radius 3 is 2.35 bits per heavy atom. The Morgan fingerprint density at radius 1 is 1.09 bits per heavy atom. The predicted octanol–water partition coefficient (Wildman–Crippen LogP) is 3.82. The fraction of sp³-hybridized carbons (Fsp3) is 0.280. The number of carbonyl (C=O) groups is 3. The van der Waals surface area contributed by atoms with Gasteiger partial charge < -0.3 is 20.5 Å². The predicted molar refractivity (Wildman–Crippen MR) is 128 cm³/mol. The normalized spacial score (nSPS) is 13.0. The maximum atomic E-state index is 12.3. The van der Waals surface area contributed by atoms with Crippen molar-refractivity contribution in [3.8, 4) is 11.1 Å². The molecule has 9 heteroatoms. The lowest BCUT2D eigenvalue weighted by Gasteiger charge is -2.14. The number of carboxylic acid groups (broad SMARTS) is 1. The van der Waals surface area contributed by atoms with E-state index < -0.39 is 24.0 Å². The van der Waals surface area contributed by atoms with E-state index in [1.165, 1.54) is 22.5 Å². The monoisotopic (exact) mass is 479 g/mol. The van der Waals surface area contributed by atoms with Crippen LogP contribution in [0.1, 0.15) is 45.9 Å². The average molecular weight is 480 g/mol. The van der Waals surface area contributed by atoms with Crippen molar-refractivity contribution in [2.45, 2.75) is 31.7 Å². The van der Waals surface area contributed by atoms with Gasteiger partial charge in [-0.15, -0.1) is 11.3 Å². The minimum absolute atomic E-state index is 0.00377. The third kappa shape index (κ3) is 5.09. The maximum absolute atomic E-state index is 12.3. The largest absolute Gasteiger partial charge is 0.480 e. The van der Waals surface area contributed by atoms with E-state index >= 15 is 0 Å². The highest BCUT2D eigenvalue weighted by atomic mass is 32.1. The standard InChI is InChI=1S/C25H25N3O5S/c1-2-20(24(30)31)28-23(29)21-14-34-22(27-21)11-12-26-25(32)33-13-19-17-9-5-3-7-15(17)16-8-4-6-10-18(16)19/h3-10,14,19-20H,2,11-13H2,1H3,(H,26,32)(H,28,29)(H,30,31)/t20-/m1/s1. The van der Waals surface area contributed by atoms with Crippen LogP contribution in [0.2, 0.25) is 0 Å². The molecule has 0 radical (unpaired) electrons. The Labute approximate surface area is 201 Å². The van der Waals surface area contributed by atoms with Gasteiger partial charge in [-0.2, -0.15) is 0 Å². The van der Waals surface area contributed by atoms with E-state index in [0.717, 1.165) is 11.1 Å². The van der Waals surface area contributed by atoms with Gasteiger partial charge in [0.05, 0.1) is 5.01 Å². The summed E-state index contributed by atoms with van der Waals surface area (Å²) in [5, 5.41) is 16.5. The summed E-state index contributed by atoms with van der Waals surface area (Å²) in [7, 11) is 0. The molecule has 3 N–H and O–H groups in total. The van der Waals surface area contributed by atoms with Crippen LogP contribution in [0.15, 0.2) is 53.9 Å². The van der Waals surface area contributed by atoms with Crippen molar-refractivity contribution >= 4 is 29.3 Å². The average Bonchev–Trinajstić information content (AvgIpc) is 3.44. The molecule has 2 amide bonds. The van der Waals surface area contributed by atoms with Crippen LogP contribution < -0.4 is 10.6 Å². The molecule has 1 aliphatic rings. The van der Waals surface area contributed by atoms with Gasteiger partial charge in [0.2, 0.25) is 0 Å². The van der Waals surface area contributed by atoms with Gasteiger partial charge in [0, 0.05) is 24.3 Å². The zero-order valence-electron chi connectivity index (χ0n) is 18.6. The molecule has 4 rings (SSSR count). The number of hydrogen-bond donors (Lipinski definition) is 3. The van der Waals surface area contributed by atoms with Gasteiger partial charge in [-0.25, -0.2) is 14.6 Å². The van der Waals surface area contributed by atoms with Crippen LogP contribution in [-0.2, 0) is 16.0 Å². The van der Waals surface area contributed by atoms with Gasteiger partial charge in [0.1, 0.15) is 18.3 Å². The third-order valence-electron chi connectivity index (χ3n) is 5.75. The fourth-order valence-electron chi connectivity index (χ4n) is 4.02. The third-order valence-corrected chi connectivity index (χ3v) is 6.66. The number of rotatable bonds is 9. The van der Waals surface area contributed by atoms with Crippen LogP contribution in [0, 0.1) is 0 Å². The summed E-state index contributed by atoms with van der Waals surface area (Å²) in [4.78, 5) is 39.8. The zero-order valence-corrected chi connectivity index (χ0v) is 19.4. The number of nitrogens with zero attached hydrogens (tertiary/aromatic N) is 1. The molecular weight excluding hydrogens is 454 g/mol. The van der Waals surface area contributed by atoms with E-state index in [1.807, 2.05) is 24.3 Å². The van der Waals surface area contributed by atoms with Crippen molar-refractivity contribution in [2.24, 2.45) is 0 Å². The van der Waals surface area contributed by atoms with Crippen molar-refractivity contribution in [3.63, 3.8) is 0 Å². The summed E-state index contributed by atoms with van der Waals surface area (Å²) in [6.45, 7) is 2.22. The zero-order chi connectivity index (χ0) is 24.1. The summed E-state index contributed by atoms with van der Waals surface area (Å²) in [5.41, 5.74) is 4.81. The molecule has 1 aromatic heterocycles. The van der Waals surface area contributed by atoms with Gasteiger partial charge in [0.25, 0.3) is 5.91 Å². The van der Waals surface area contributed by atoms with Crippen LogP contribution in [0.5, 0.6) is 0 Å². The molecular formula is C25H25N3O5S. The maximum Gasteiger partial charge on any atom is 0.407 e. The first kappa shape index (κ1) is 23.4. The van der Waals surface area contributed by atoms with E-state index in [9.17, 15) is 14.4 Å². The lowest BCUT2D eigenvalue weighted by Crippen LogP contribution is -2.40. The second-order valence-electron chi connectivity index (χ2n) is 7.90. The number of aliphatic carboxylic acids is 1. The number of carboxylic acids is 1. The topological polar surface area (TPSA) is 118 Å². The van der Waals surface area contributed by atoms with Crippen molar-refractivity contribution in [1.82, 2.24) is 15.6 Å². The minimum atomic E-state index is -1.08. The fourth-order valence-corrected chi connectivity index (χ4v) is 4.80. The number of hydrogen-bond acceptors (Lipinski definition) is 6. The highest BCUT2D eigenvalue weighted by Crippen LogP contribution is 2.44. The van der Waals surface area contributed by atoms with Crippen molar-refractivity contribution in [3.05, 3.63) is 75.7 Å². The Kier molecular flexibility index (Phi) is 7.22. The van der Waals surface area contributed by atoms with Crippen LogP contribution in [0.4, 0.5) is 4.79 Å². The first-order valence-corrected chi connectivity index (χ1v) is 11.9. The lowest BCUT2D eigenvalue weighted by molar-refractivity contribution is -0.139. The van der Waals surface area contributed by atoms with E-state index in [-0.39, 0.29) is 24.6 Å². The number of amides is 2. The molecule has 2 aromatic carbocycles. The van der Waals surface area contributed by atoms with Gasteiger partial charge in [0.15, 0.2) is 0 Å². The molecule has 1 aliphatic carbocycles. The molecule has 3 aromatic rings. The van der Waals surface area contributed by atoms with Crippen molar-refractivity contribution < 1.29 is 24.2 Å². The molecule has 0 unspecified atom stereocenters. The molecule has 0 fully saturated rings. The number of benzene rings is 2. The number of aromatic nitrogens is 1. The molecule has 0 saturated carbocycles. The van der Waals surface area contributed by atoms with Crippen LogP contribution in [0.3, 0.4) is 0 Å². The first-order valence-electron chi connectivity index (χ1n) is 11.0. The van der Waals surface area contributed by atoms with E-state index in [2.05, 4.69) is 39.9 Å². The minimum Gasteiger partial charge on any atom is -0.480 e. The summed E-state index contributed by atoms with van der Waals surface area (Å²) in [6, 6.07) is 15.3. The van der Waals surface area contributed by atoms with E-state index in [0.29, 0.717) is 18.0 Å². The quantitative estimate of drug-likeness (QED) is 0.430.